The summed E-state index contributed by atoms with van der Waals surface area (Å²) in [5.41, 5.74) is 0.571. The molecule has 0 saturated heterocycles. The van der Waals surface area contributed by atoms with Crippen molar-refractivity contribution in [2.45, 2.75) is 13.3 Å². The predicted octanol–water partition coefficient (Wildman–Crippen LogP) is 1.21. The van der Waals surface area contributed by atoms with Crippen LogP contribution in [0.5, 0.6) is 11.5 Å². The summed E-state index contributed by atoms with van der Waals surface area (Å²) in [6.07, 6.45) is 0.721. The molecule has 0 aliphatic carbocycles. The molecule has 0 saturated carbocycles. The molecular formula is C16H24N2O5. The Morgan fingerprint density at radius 2 is 1.83 bits per heavy atom. The van der Waals surface area contributed by atoms with Crippen molar-refractivity contribution in [3.05, 3.63) is 18.2 Å². The van der Waals surface area contributed by atoms with Gasteiger partial charge in [0.15, 0.2) is 11.5 Å². The van der Waals surface area contributed by atoms with Crippen LogP contribution in [0.4, 0.5) is 5.69 Å². The van der Waals surface area contributed by atoms with E-state index in [1.54, 1.807) is 25.3 Å². The van der Waals surface area contributed by atoms with Gasteiger partial charge in [0.05, 0.1) is 14.2 Å². The third kappa shape index (κ3) is 5.78. The second kappa shape index (κ2) is 9.68. The molecule has 0 aliphatic heterocycles. The average molecular weight is 324 g/mol. The minimum absolute atomic E-state index is 0.0577. The van der Waals surface area contributed by atoms with Crippen LogP contribution in [0.1, 0.15) is 13.3 Å². The van der Waals surface area contributed by atoms with E-state index in [-0.39, 0.29) is 18.4 Å². The highest BCUT2D eigenvalue weighted by Crippen LogP contribution is 2.31. The largest absolute Gasteiger partial charge is 0.493 e. The molecular weight excluding hydrogens is 300 g/mol. The zero-order chi connectivity index (χ0) is 17.2. The molecule has 0 spiro atoms. The number of hydrogen-bond acceptors (Lipinski definition) is 5. The molecule has 0 fully saturated rings. The molecule has 0 atom stereocenters. The van der Waals surface area contributed by atoms with E-state index in [0.717, 1.165) is 6.42 Å². The number of anilines is 1. The van der Waals surface area contributed by atoms with E-state index in [4.69, 9.17) is 14.2 Å². The molecule has 128 valence electrons. The Morgan fingerprint density at radius 3 is 2.39 bits per heavy atom. The van der Waals surface area contributed by atoms with E-state index < -0.39 is 0 Å². The summed E-state index contributed by atoms with van der Waals surface area (Å²) in [7, 11) is 4.66. The van der Waals surface area contributed by atoms with Gasteiger partial charge >= 0.3 is 0 Å². The smallest absolute Gasteiger partial charge is 0.240 e. The topological polar surface area (TPSA) is 77.1 Å². The Hall–Kier alpha value is -2.28. The molecule has 0 heterocycles. The van der Waals surface area contributed by atoms with Crippen LogP contribution >= 0.6 is 0 Å². The highest BCUT2D eigenvalue weighted by molar-refractivity contribution is 5.97. The number of nitrogens with one attached hydrogen (secondary N) is 1. The number of benzene rings is 1. The Balaban J connectivity index is 2.78. The van der Waals surface area contributed by atoms with Gasteiger partial charge in [0.25, 0.3) is 0 Å². The lowest BCUT2D eigenvalue weighted by atomic mass is 10.2. The van der Waals surface area contributed by atoms with Crippen LogP contribution < -0.4 is 19.7 Å². The van der Waals surface area contributed by atoms with Gasteiger partial charge in [0, 0.05) is 38.9 Å². The first kappa shape index (κ1) is 18.8. The Labute approximate surface area is 136 Å². The molecule has 0 unspecified atom stereocenters. The Kier molecular flexibility index (Phi) is 7.90. The minimum Gasteiger partial charge on any atom is -0.493 e. The summed E-state index contributed by atoms with van der Waals surface area (Å²) >= 11 is 0. The fourth-order valence-electron chi connectivity index (χ4n) is 2.02. The zero-order valence-corrected chi connectivity index (χ0v) is 14.0. The van der Waals surface area contributed by atoms with Crippen molar-refractivity contribution in [1.29, 1.82) is 0 Å². The van der Waals surface area contributed by atoms with Gasteiger partial charge in [-0.3, -0.25) is 9.59 Å². The van der Waals surface area contributed by atoms with E-state index in [1.165, 1.54) is 26.0 Å². The number of carbonyl (C=O) groups excluding carboxylic acids is 2. The summed E-state index contributed by atoms with van der Waals surface area (Å²) in [6.45, 7) is 2.43. The fourth-order valence-corrected chi connectivity index (χ4v) is 2.02. The maximum absolute atomic E-state index is 12.0. The summed E-state index contributed by atoms with van der Waals surface area (Å²) < 4.78 is 15.3. The number of carbonyl (C=O) groups is 2. The maximum Gasteiger partial charge on any atom is 0.240 e. The predicted molar refractivity (Wildman–Crippen MR) is 87.1 cm³/mol. The summed E-state index contributed by atoms with van der Waals surface area (Å²) in [4.78, 5) is 25.2. The van der Waals surface area contributed by atoms with Gasteiger partial charge in [-0.15, -0.1) is 0 Å². The SMILES string of the molecule is COCCCNC(=O)CN(C(C)=O)c1ccc(OC)c(OC)c1. The van der Waals surface area contributed by atoms with Crippen molar-refractivity contribution in [1.82, 2.24) is 5.32 Å². The lowest BCUT2D eigenvalue weighted by molar-refractivity contribution is -0.123. The Morgan fingerprint density at radius 1 is 1.13 bits per heavy atom. The quantitative estimate of drug-likeness (QED) is 0.691. The molecule has 0 aliphatic rings. The van der Waals surface area contributed by atoms with E-state index in [1.807, 2.05) is 0 Å². The lowest BCUT2D eigenvalue weighted by Crippen LogP contribution is -2.40. The first-order valence-electron chi connectivity index (χ1n) is 7.29. The van der Waals surface area contributed by atoms with Crippen LogP contribution in [0, 0.1) is 0 Å². The second-order valence-electron chi connectivity index (χ2n) is 4.84. The zero-order valence-electron chi connectivity index (χ0n) is 14.0. The first-order chi connectivity index (χ1) is 11.0. The van der Waals surface area contributed by atoms with Crippen molar-refractivity contribution in [3.63, 3.8) is 0 Å². The molecule has 2 amide bonds. The monoisotopic (exact) mass is 324 g/mol. The molecule has 7 nitrogen and oxygen atoms in total. The molecule has 1 N–H and O–H groups in total. The van der Waals surface area contributed by atoms with Gasteiger partial charge in [-0.25, -0.2) is 0 Å². The molecule has 23 heavy (non-hydrogen) atoms. The van der Waals surface area contributed by atoms with Crippen LogP contribution in [0.2, 0.25) is 0 Å². The summed E-state index contributed by atoms with van der Waals surface area (Å²) in [6, 6.07) is 5.07. The van der Waals surface area contributed by atoms with Gasteiger partial charge in [-0.2, -0.15) is 0 Å². The van der Waals surface area contributed by atoms with Crippen LogP contribution in [-0.4, -0.2) is 52.8 Å². The number of hydrogen-bond donors (Lipinski definition) is 1. The lowest BCUT2D eigenvalue weighted by Gasteiger charge is -2.22. The van der Waals surface area contributed by atoms with E-state index in [9.17, 15) is 9.59 Å². The van der Waals surface area contributed by atoms with E-state index >= 15 is 0 Å². The molecule has 0 radical (unpaired) electrons. The number of rotatable bonds is 9. The van der Waals surface area contributed by atoms with Crippen molar-refractivity contribution >= 4 is 17.5 Å². The Bertz CT molecular complexity index is 533. The number of methoxy groups -OCH3 is 3. The average Bonchev–Trinajstić information content (AvgIpc) is 2.55. The van der Waals surface area contributed by atoms with Crippen molar-refractivity contribution < 1.29 is 23.8 Å². The van der Waals surface area contributed by atoms with E-state index in [2.05, 4.69) is 5.32 Å². The van der Waals surface area contributed by atoms with Crippen molar-refractivity contribution in [3.8, 4) is 11.5 Å². The molecule has 1 aromatic carbocycles. The first-order valence-corrected chi connectivity index (χ1v) is 7.29. The summed E-state index contributed by atoms with van der Waals surface area (Å²) in [5, 5.41) is 2.75. The van der Waals surface area contributed by atoms with Crippen LogP contribution in [0.15, 0.2) is 18.2 Å². The van der Waals surface area contributed by atoms with Gasteiger partial charge in [0.2, 0.25) is 11.8 Å². The van der Waals surface area contributed by atoms with Crippen molar-refractivity contribution in [2.24, 2.45) is 0 Å². The maximum atomic E-state index is 12.0. The second-order valence-corrected chi connectivity index (χ2v) is 4.84. The number of amides is 2. The molecule has 7 heteroatoms. The highest BCUT2D eigenvalue weighted by Gasteiger charge is 2.17. The van der Waals surface area contributed by atoms with Gasteiger partial charge < -0.3 is 24.4 Å². The van der Waals surface area contributed by atoms with E-state index in [0.29, 0.717) is 30.3 Å². The molecule has 1 rings (SSSR count). The molecule has 0 aromatic heterocycles. The molecule has 0 bridgehead atoms. The van der Waals surface area contributed by atoms with Crippen LogP contribution in [0.25, 0.3) is 0 Å². The normalized spacial score (nSPS) is 10.1. The van der Waals surface area contributed by atoms with Gasteiger partial charge in [0.1, 0.15) is 6.54 Å². The van der Waals surface area contributed by atoms with Gasteiger partial charge in [-0.1, -0.05) is 0 Å². The molecule has 1 aromatic rings. The number of ether oxygens (including phenoxy) is 3. The summed E-state index contributed by atoms with van der Waals surface area (Å²) in [5.74, 6) is 0.593. The van der Waals surface area contributed by atoms with Crippen LogP contribution in [-0.2, 0) is 14.3 Å². The van der Waals surface area contributed by atoms with Gasteiger partial charge in [-0.05, 0) is 18.6 Å². The fraction of sp³-hybridized carbons (Fsp3) is 0.500. The number of nitrogens with zero attached hydrogens (tertiary/aromatic N) is 1. The third-order valence-electron chi connectivity index (χ3n) is 3.21. The minimum atomic E-state index is -0.232. The van der Waals surface area contributed by atoms with Crippen LogP contribution in [0.3, 0.4) is 0 Å². The standard InChI is InChI=1S/C16H24N2O5/c1-12(19)18(11-16(20)17-8-5-9-21-2)13-6-7-14(22-3)15(10-13)23-4/h6-7,10H,5,8-9,11H2,1-4H3,(H,17,20). The highest BCUT2D eigenvalue weighted by atomic mass is 16.5. The third-order valence-corrected chi connectivity index (χ3v) is 3.21. The van der Waals surface area contributed by atoms with Crippen molar-refractivity contribution in [2.75, 3.05) is 45.9 Å².